The summed E-state index contributed by atoms with van der Waals surface area (Å²) >= 11 is 6.10. The number of ether oxygens (including phenoxy) is 2. The van der Waals surface area contributed by atoms with Crippen LogP contribution in [-0.2, 0) is 19.1 Å². The molecule has 31 heavy (non-hydrogen) atoms. The molecule has 0 bridgehead atoms. The first-order valence-electron chi connectivity index (χ1n) is 9.04. The molecule has 8 nitrogen and oxygen atoms in total. The Labute approximate surface area is 178 Å². The maximum absolute atomic E-state index is 13.4. The first-order chi connectivity index (χ1) is 14.8. The number of aromatic nitrogens is 4. The SMILES string of the molecule is COc1nc2c(c(Oc3ccccc3C(F)(F)F)n1)CCN(c1cn[nH]c(=O)c1Cl)C2. The zero-order chi connectivity index (χ0) is 22.2. The van der Waals surface area contributed by atoms with Crippen LogP contribution in [-0.4, -0.2) is 33.8 Å². The summed E-state index contributed by atoms with van der Waals surface area (Å²) in [5, 5.41) is 5.99. The Morgan fingerprint density at radius 1 is 1.23 bits per heavy atom. The summed E-state index contributed by atoms with van der Waals surface area (Å²) < 4.78 is 50.8. The van der Waals surface area contributed by atoms with E-state index < -0.39 is 17.3 Å². The van der Waals surface area contributed by atoms with Crippen LogP contribution in [0.1, 0.15) is 16.8 Å². The predicted molar refractivity (Wildman–Crippen MR) is 105 cm³/mol. The minimum Gasteiger partial charge on any atom is -0.467 e. The lowest BCUT2D eigenvalue weighted by Gasteiger charge is -2.30. The number of fused-ring (bicyclic) bond motifs is 1. The van der Waals surface area contributed by atoms with Crippen LogP contribution in [0.15, 0.2) is 35.3 Å². The molecule has 1 aliphatic rings. The van der Waals surface area contributed by atoms with Crippen LogP contribution in [0.4, 0.5) is 18.9 Å². The number of aromatic amines is 1. The van der Waals surface area contributed by atoms with Gasteiger partial charge in [0.15, 0.2) is 0 Å². The highest BCUT2D eigenvalue weighted by Gasteiger charge is 2.35. The van der Waals surface area contributed by atoms with Crippen molar-refractivity contribution < 1.29 is 22.6 Å². The Kier molecular flexibility index (Phi) is 5.44. The number of rotatable bonds is 4. The first kappa shape index (κ1) is 20.9. The van der Waals surface area contributed by atoms with Gasteiger partial charge in [-0.15, -0.1) is 0 Å². The second-order valence-electron chi connectivity index (χ2n) is 6.61. The molecule has 2 aromatic heterocycles. The molecule has 0 spiro atoms. The predicted octanol–water partition coefficient (Wildman–Crippen LogP) is 3.60. The number of nitrogens with one attached hydrogen (secondary N) is 1. The lowest BCUT2D eigenvalue weighted by atomic mass is 10.1. The van der Waals surface area contributed by atoms with Crippen molar-refractivity contribution in [2.24, 2.45) is 0 Å². The van der Waals surface area contributed by atoms with Gasteiger partial charge >= 0.3 is 12.2 Å². The molecule has 1 N–H and O–H groups in total. The Hall–Kier alpha value is -3.34. The van der Waals surface area contributed by atoms with E-state index in [9.17, 15) is 18.0 Å². The van der Waals surface area contributed by atoms with Crippen molar-refractivity contribution in [3.63, 3.8) is 0 Å². The van der Waals surface area contributed by atoms with Crippen LogP contribution in [0.2, 0.25) is 5.02 Å². The number of anilines is 1. The zero-order valence-electron chi connectivity index (χ0n) is 16.0. The van der Waals surface area contributed by atoms with Crippen molar-refractivity contribution in [1.29, 1.82) is 0 Å². The van der Waals surface area contributed by atoms with Crippen molar-refractivity contribution in [2.75, 3.05) is 18.6 Å². The van der Waals surface area contributed by atoms with E-state index in [1.54, 1.807) is 4.90 Å². The normalized spacial score (nSPS) is 13.6. The highest BCUT2D eigenvalue weighted by Crippen LogP contribution is 2.39. The Bertz CT molecular complexity index is 1190. The van der Waals surface area contributed by atoms with Gasteiger partial charge in [-0.25, -0.2) is 5.10 Å². The largest absolute Gasteiger partial charge is 0.467 e. The smallest absolute Gasteiger partial charge is 0.419 e. The van der Waals surface area contributed by atoms with Gasteiger partial charge in [0.2, 0.25) is 5.88 Å². The Morgan fingerprint density at radius 3 is 2.74 bits per heavy atom. The Balaban J connectivity index is 1.72. The van der Waals surface area contributed by atoms with Gasteiger partial charge in [0.05, 0.1) is 36.8 Å². The molecule has 0 amide bonds. The molecule has 1 aliphatic heterocycles. The summed E-state index contributed by atoms with van der Waals surface area (Å²) in [5.41, 5.74) is -0.00596. The topological polar surface area (TPSA) is 93.2 Å². The maximum atomic E-state index is 13.4. The molecule has 3 aromatic rings. The molecule has 0 aliphatic carbocycles. The number of H-pyrrole nitrogens is 1. The lowest BCUT2D eigenvalue weighted by Crippen LogP contribution is -2.33. The van der Waals surface area contributed by atoms with Gasteiger partial charge in [0.25, 0.3) is 5.56 Å². The van der Waals surface area contributed by atoms with E-state index in [0.717, 1.165) is 6.07 Å². The fourth-order valence-corrected chi connectivity index (χ4v) is 3.45. The van der Waals surface area contributed by atoms with Gasteiger partial charge in [0.1, 0.15) is 10.8 Å². The van der Waals surface area contributed by atoms with E-state index in [-0.39, 0.29) is 29.2 Å². The average Bonchev–Trinajstić information content (AvgIpc) is 2.74. The molecule has 0 unspecified atom stereocenters. The number of methoxy groups -OCH3 is 1. The van der Waals surface area contributed by atoms with E-state index in [2.05, 4.69) is 20.2 Å². The maximum Gasteiger partial charge on any atom is 0.419 e. The molecule has 0 saturated heterocycles. The van der Waals surface area contributed by atoms with E-state index >= 15 is 0 Å². The number of nitrogens with zero attached hydrogens (tertiary/aromatic N) is 4. The van der Waals surface area contributed by atoms with E-state index in [1.807, 2.05) is 0 Å². The standard InChI is InChI=1S/C19H15ClF3N5O3/c1-30-18-25-12-9-28(13-8-24-27-16(29)15(13)20)7-6-10(12)17(26-18)31-14-5-3-2-4-11(14)19(21,22)23/h2-5,8H,6-7,9H2,1H3,(H,27,29). The summed E-state index contributed by atoms with van der Waals surface area (Å²) in [6.07, 6.45) is -2.83. The van der Waals surface area contributed by atoms with Crippen molar-refractivity contribution in [1.82, 2.24) is 20.2 Å². The second-order valence-corrected chi connectivity index (χ2v) is 6.98. The first-order valence-corrected chi connectivity index (χ1v) is 9.41. The fourth-order valence-electron chi connectivity index (χ4n) is 3.24. The van der Waals surface area contributed by atoms with Crippen LogP contribution in [0.25, 0.3) is 0 Å². The van der Waals surface area contributed by atoms with Crippen molar-refractivity contribution >= 4 is 17.3 Å². The van der Waals surface area contributed by atoms with Crippen molar-refractivity contribution in [2.45, 2.75) is 19.1 Å². The number of hydrogen-bond donors (Lipinski definition) is 1. The summed E-state index contributed by atoms with van der Waals surface area (Å²) in [5.74, 6) is -0.393. The van der Waals surface area contributed by atoms with Crippen LogP contribution in [0, 0.1) is 0 Å². The third-order valence-electron chi connectivity index (χ3n) is 4.71. The minimum absolute atomic E-state index is 0.0185. The number of para-hydroxylation sites is 1. The number of halogens is 4. The van der Waals surface area contributed by atoms with Crippen molar-refractivity contribution in [3.05, 3.63) is 62.7 Å². The van der Waals surface area contributed by atoms with Crippen LogP contribution in [0.5, 0.6) is 17.6 Å². The second kappa shape index (κ2) is 8.06. The van der Waals surface area contributed by atoms with Crippen LogP contribution in [0.3, 0.4) is 0 Å². The lowest BCUT2D eigenvalue weighted by molar-refractivity contribution is -0.138. The quantitative estimate of drug-likeness (QED) is 0.645. The Morgan fingerprint density at radius 2 is 2.00 bits per heavy atom. The number of benzene rings is 1. The molecular formula is C19H15ClF3N5O3. The van der Waals surface area contributed by atoms with E-state index in [0.29, 0.717) is 29.9 Å². The number of hydrogen-bond acceptors (Lipinski definition) is 7. The van der Waals surface area contributed by atoms with Gasteiger partial charge in [-0.3, -0.25) is 4.79 Å². The fraction of sp³-hybridized carbons (Fsp3) is 0.263. The molecule has 0 saturated carbocycles. The minimum atomic E-state index is -4.59. The third-order valence-corrected chi connectivity index (χ3v) is 5.07. The molecular weight excluding hydrogens is 439 g/mol. The molecule has 1 aromatic carbocycles. The van der Waals surface area contributed by atoms with Gasteiger partial charge in [-0.1, -0.05) is 23.7 Å². The molecule has 3 heterocycles. The highest BCUT2D eigenvalue weighted by molar-refractivity contribution is 6.33. The molecule has 12 heteroatoms. The number of alkyl halides is 3. The van der Waals surface area contributed by atoms with Gasteiger partial charge in [-0.05, 0) is 18.6 Å². The monoisotopic (exact) mass is 453 g/mol. The molecule has 0 fully saturated rings. The van der Waals surface area contributed by atoms with Gasteiger partial charge in [0, 0.05) is 12.1 Å². The van der Waals surface area contributed by atoms with E-state index in [4.69, 9.17) is 21.1 Å². The van der Waals surface area contributed by atoms with Gasteiger partial charge < -0.3 is 14.4 Å². The summed E-state index contributed by atoms with van der Waals surface area (Å²) in [4.78, 5) is 22.0. The molecule has 0 atom stereocenters. The summed E-state index contributed by atoms with van der Waals surface area (Å²) in [6.45, 7) is 0.598. The highest BCUT2D eigenvalue weighted by atomic mass is 35.5. The molecule has 162 valence electrons. The van der Waals surface area contributed by atoms with Gasteiger partial charge in [-0.2, -0.15) is 28.2 Å². The zero-order valence-corrected chi connectivity index (χ0v) is 16.8. The van der Waals surface area contributed by atoms with E-state index in [1.165, 1.54) is 31.5 Å². The molecule has 4 rings (SSSR count). The summed E-state index contributed by atoms with van der Waals surface area (Å²) in [7, 11) is 1.34. The van der Waals surface area contributed by atoms with Crippen LogP contribution < -0.4 is 19.9 Å². The molecule has 0 radical (unpaired) electrons. The summed E-state index contributed by atoms with van der Waals surface area (Å²) in [6, 6.07) is 4.82. The van der Waals surface area contributed by atoms with Crippen molar-refractivity contribution in [3.8, 4) is 17.6 Å². The van der Waals surface area contributed by atoms with Crippen LogP contribution >= 0.6 is 11.6 Å². The third kappa shape index (κ3) is 4.13. The average molecular weight is 454 g/mol.